The standard InChI is InChI=1S/C11H12Cl2N4/c1-17-9(3-5-16-17)2-4-14-11-10(13)6-8(12)7-15-11/h3,5-7H,2,4H2,1H3,(H,14,15). The van der Waals surface area contributed by atoms with Crippen molar-refractivity contribution in [2.45, 2.75) is 6.42 Å². The smallest absolute Gasteiger partial charge is 0.144 e. The van der Waals surface area contributed by atoms with Crippen LogP contribution in [0.4, 0.5) is 5.82 Å². The van der Waals surface area contributed by atoms with Crippen molar-refractivity contribution in [1.29, 1.82) is 0 Å². The number of halogens is 2. The third kappa shape index (κ3) is 3.11. The number of anilines is 1. The summed E-state index contributed by atoms with van der Waals surface area (Å²) in [5.41, 5.74) is 1.16. The molecule has 0 aliphatic carbocycles. The largest absolute Gasteiger partial charge is 0.368 e. The van der Waals surface area contributed by atoms with Gasteiger partial charge in [0.2, 0.25) is 0 Å². The highest BCUT2D eigenvalue weighted by Crippen LogP contribution is 2.22. The molecule has 4 nitrogen and oxygen atoms in total. The fraction of sp³-hybridized carbons (Fsp3) is 0.273. The highest BCUT2D eigenvalue weighted by molar-refractivity contribution is 6.35. The molecule has 0 spiro atoms. The molecule has 0 aromatic carbocycles. The van der Waals surface area contributed by atoms with Crippen LogP contribution >= 0.6 is 23.2 Å². The van der Waals surface area contributed by atoms with Gasteiger partial charge in [0.1, 0.15) is 5.82 Å². The van der Waals surface area contributed by atoms with Gasteiger partial charge in [-0.25, -0.2) is 4.98 Å². The van der Waals surface area contributed by atoms with E-state index < -0.39 is 0 Å². The van der Waals surface area contributed by atoms with E-state index in [1.807, 2.05) is 17.8 Å². The molecule has 0 radical (unpaired) electrons. The van der Waals surface area contributed by atoms with E-state index in [4.69, 9.17) is 23.2 Å². The molecule has 0 unspecified atom stereocenters. The molecule has 0 atom stereocenters. The number of aryl methyl sites for hydroxylation is 1. The van der Waals surface area contributed by atoms with Gasteiger partial charge in [-0.15, -0.1) is 0 Å². The van der Waals surface area contributed by atoms with Crippen molar-refractivity contribution in [2.24, 2.45) is 7.05 Å². The Labute approximate surface area is 110 Å². The molecule has 0 amide bonds. The van der Waals surface area contributed by atoms with Crippen LogP contribution in [0.1, 0.15) is 5.69 Å². The van der Waals surface area contributed by atoms with Crippen molar-refractivity contribution in [2.75, 3.05) is 11.9 Å². The molecule has 0 aliphatic heterocycles. The molecule has 90 valence electrons. The van der Waals surface area contributed by atoms with Crippen molar-refractivity contribution < 1.29 is 0 Å². The lowest BCUT2D eigenvalue weighted by atomic mass is 10.3. The Morgan fingerprint density at radius 1 is 1.41 bits per heavy atom. The highest BCUT2D eigenvalue weighted by atomic mass is 35.5. The maximum absolute atomic E-state index is 5.99. The zero-order valence-corrected chi connectivity index (χ0v) is 10.8. The van der Waals surface area contributed by atoms with Gasteiger partial charge in [-0.1, -0.05) is 23.2 Å². The Hall–Kier alpha value is -1.26. The SMILES string of the molecule is Cn1nccc1CCNc1ncc(Cl)cc1Cl. The van der Waals surface area contributed by atoms with E-state index in [1.54, 1.807) is 18.5 Å². The average Bonchev–Trinajstić information content (AvgIpc) is 2.68. The molecule has 2 aromatic rings. The van der Waals surface area contributed by atoms with Crippen LogP contribution in [-0.4, -0.2) is 21.3 Å². The predicted molar refractivity (Wildman–Crippen MR) is 69.7 cm³/mol. The molecule has 0 saturated carbocycles. The van der Waals surface area contributed by atoms with Crippen molar-refractivity contribution in [3.05, 3.63) is 40.3 Å². The van der Waals surface area contributed by atoms with Crippen molar-refractivity contribution >= 4 is 29.0 Å². The van der Waals surface area contributed by atoms with Gasteiger partial charge >= 0.3 is 0 Å². The van der Waals surface area contributed by atoms with Crippen LogP contribution in [0.2, 0.25) is 10.0 Å². The molecule has 2 heterocycles. The third-order valence-electron chi connectivity index (χ3n) is 2.40. The Balaban J connectivity index is 1.92. The number of aromatic nitrogens is 3. The molecule has 0 bridgehead atoms. The van der Waals surface area contributed by atoms with Crippen molar-refractivity contribution in [3.8, 4) is 0 Å². The zero-order valence-electron chi connectivity index (χ0n) is 9.32. The predicted octanol–water partition coefficient (Wildman–Crippen LogP) is 2.78. The van der Waals surface area contributed by atoms with Crippen LogP contribution in [0.3, 0.4) is 0 Å². The molecule has 2 rings (SSSR count). The molecule has 1 N–H and O–H groups in total. The minimum absolute atomic E-state index is 0.530. The topological polar surface area (TPSA) is 42.7 Å². The van der Waals surface area contributed by atoms with Crippen LogP contribution in [0.25, 0.3) is 0 Å². The lowest BCUT2D eigenvalue weighted by molar-refractivity contribution is 0.711. The Bertz CT molecular complexity index is 510. The van der Waals surface area contributed by atoms with E-state index in [2.05, 4.69) is 15.4 Å². The summed E-state index contributed by atoms with van der Waals surface area (Å²) in [6.45, 7) is 0.744. The summed E-state index contributed by atoms with van der Waals surface area (Å²) >= 11 is 11.8. The van der Waals surface area contributed by atoms with Gasteiger partial charge in [-0.05, 0) is 12.1 Å². The van der Waals surface area contributed by atoms with E-state index in [-0.39, 0.29) is 0 Å². The minimum Gasteiger partial charge on any atom is -0.368 e. The first-order chi connectivity index (χ1) is 8.16. The van der Waals surface area contributed by atoms with E-state index in [1.165, 1.54) is 0 Å². The summed E-state index contributed by atoms with van der Waals surface area (Å²) in [5.74, 6) is 0.651. The van der Waals surface area contributed by atoms with Gasteiger partial charge in [0.15, 0.2) is 0 Å². The number of hydrogen-bond acceptors (Lipinski definition) is 3. The lowest BCUT2D eigenvalue weighted by Gasteiger charge is -2.07. The van der Waals surface area contributed by atoms with E-state index >= 15 is 0 Å². The van der Waals surface area contributed by atoms with Gasteiger partial charge in [0, 0.05) is 38.1 Å². The Morgan fingerprint density at radius 3 is 2.88 bits per heavy atom. The Morgan fingerprint density at radius 2 is 2.24 bits per heavy atom. The maximum Gasteiger partial charge on any atom is 0.144 e. The zero-order chi connectivity index (χ0) is 12.3. The van der Waals surface area contributed by atoms with Crippen LogP contribution in [0.15, 0.2) is 24.5 Å². The first-order valence-corrected chi connectivity index (χ1v) is 5.94. The second kappa shape index (κ2) is 5.38. The first-order valence-electron chi connectivity index (χ1n) is 5.18. The lowest BCUT2D eigenvalue weighted by Crippen LogP contribution is -2.09. The summed E-state index contributed by atoms with van der Waals surface area (Å²) < 4.78 is 1.85. The number of pyridine rings is 1. The second-order valence-electron chi connectivity index (χ2n) is 3.61. The summed E-state index contributed by atoms with van der Waals surface area (Å²) in [6, 6.07) is 3.65. The fourth-order valence-electron chi connectivity index (χ4n) is 1.50. The number of rotatable bonds is 4. The minimum atomic E-state index is 0.530. The van der Waals surface area contributed by atoms with E-state index in [0.717, 1.165) is 18.7 Å². The summed E-state index contributed by atoms with van der Waals surface area (Å²) in [6.07, 6.45) is 4.21. The first kappa shape index (κ1) is 12.2. The van der Waals surface area contributed by atoms with Gasteiger partial charge in [-0.3, -0.25) is 4.68 Å². The van der Waals surface area contributed by atoms with E-state index in [9.17, 15) is 0 Å². The molecule has 6 heteroatoms. The number of nitrogens with one attached hydrogen (secondary N) is 1. The quantitative estimate of drug-likeness (QED) is 0.929. The fourth-order valence-corrected chi connectivity index (χ4v) is 1.95. The number of nitrogens with zero attached hydrogens (tertiary/aromatic N) is 3. The van der Waals surface area contributed by atoms with Crippen LogP contribution in [-0.2, 0) is 13.5 Å². The van der Waals surface area contributed by atoms with Gasteiger partial charge in [0.25, 0.3) is 0 Å². The highest BCUT2D eigenvalue weighted by Gasteiger charge is 2.03. The maximum atomic E-state index is 5.99. The summed E-state index contributed by atoms with van der Waals surface area (Å²) in [4.78, 5) is 4.12. The molecule has 0 aliphatic rings. The van der Waals surface area contributed by atoms with Crippen LogP contribution in [0, 0.1) is 0 Å². The molecule has 17 heavy (non-hydrogen) atoms. The average molecular weight is 271 g/mol. The third-order valence-corrected chi connectivity index (χ3v) is 2.90. The molecule has 2 aromatic heterocycles. The normalized spacial score (nSPS) is 10.5. The van der Waals surface area contributed by atoms with Gasteiger partial charge in [-0.2, -0.15) is 5.10 Å². The monoisotopic (exact) mass is 270 g/mol. The molecule has 0 fully saturated rings. The van der Waals surface area contributed by atoms with Gasteiger partial charge < -0.3 is 5.32 Å². The van der Waals surface area contributed by atoms with E-state index in [0.29, 0.717) is 15.9 Å². The van der Waals surface area contributed by atoms with Crippen molar-refractivity contribution in [1.82, 2.24) is 14.8 Å². The Kier molecular flexibility index (Phi) is 3.86. The van der Waals surface area contributed by atoms with Gasteiger partial charge in [0.05, 0.1) is 10.0 Å². The second-order valence-corrected chi connectivity index (χ2v) is 4.45. The van der Waals surface area contributed by atoms with Crippen LogP contribution < -0.4 is 5.32 Å². The molecular weight excluding hydrogens is 259 g/mol. The number of hydrogen-bond donors (Lipinski definition) is 1. The molecular formula is C11H12Cl2N4. The molecule has 0 saturated heterocycles. The summed E-state index contributed by atoms with van der Waals surface area (Å²) in [5, 5.41) is 8.33. The van der Waals surface area contributed by atoms with Crippen molar-refractivity contribution in [3.63, 3.8) is 0 Å². The van der Waals surface area contributed by atoms with Crippen LogP contribution in [0.5, 0.6) is 0 Å². The summed E-state index contributed by atoms with van der Waals surface area (Å²) in [7, 11) is 1.92.